The number of ether oxygens (including phenoxy) is 2. The number of fused-ring (bicyclic) bond motifs is 2. The first-order valence-corrected chi connectivity index (χ1v) is 7.35. The minimum atomic E-state index is 0.692. The number of hydrogen-bond donors (Lipinski definition) is 0. The molecule has 0 bridgehead atoms. The summed E-state index contributed by atoms with van der Waals surface area (Å²) < 4.78 is 10.7. The molecule has 1 heterocycles. The van der Waals surface area contributed by atoms with Crippen LogP contribution < -0.4 is 9.47 Å². The SMILES string of the molecule is COc1cc2nc3c(c(Cl)c2cc1OC)CCCCC3. The van der Waals surface area contributed by atoms with E-state index in [1.807, 2.05) is 12.1 Å². The average Bonchev–Trinajstić information content (AvgIpc) is 2.71. The molecule has 0 fully saturated rings. The van der Waals surface area contributed by atoms with Crippen LogP contribution in [0.1, 0.15) is 30.5 Å². The Bertz CT molecular complexity index is 655. The van der Waals surface area contributed by atoms with Crippen molar-refractivity contribution in [2.24, 2.45) is 0 Å². The predicted molar refractivity (Wildman–Crippen MR) is 81.1 cm³/mol. The first-order valence-electron chi connectivity index (χ1n) is 6.97. The number of halogens is 1. The number of benzene rings is 1. The van der Waals surface area contributed by atoms with Gasteiger partial charge >= 0.3 is 0 Å². The molecule has 1 aromatic heterocycles. The number of rotatable bonds is 2. The van der Waals surface area contributed by atoms with Crippen LogP contribution >= 0.6 is 11.6 Å². The molecule has 0 spiro atoms. The van der Waals surface area contributed by atoms with Crippen molar-refractivity contribution >= 4 is 22.5 Å². The van der Waals surface area contributed by atoms with Gasteiger partial charge in [-0.15, -0.1) is 0 Å². The Morgan fingerprint density at radius 3 is 2.45 bits per heavy atom. The summed E-state index contributed by atoms with van der Waals surface area (Å²) in [4.78, 5) is 4.80. The molecule has 4 heteroatoms. The number of methoxy groups -OCH3 is 2. The highest BCUT2D eigenvalue weighted by Crippen LogP contribution is 2.38. The zero-order valence-corrected chi connectivity index (χ0v) is 12.6. The Balaban J connectivity index is 2.26. The van der Waals surface area contributed by atoms with Gasteiger partial charge in [-0.3, -0.25) is 4.98 Å². The molecule has 3 nitrogen and oxygen atoms in total. The van der Waals surface area contributed by atoms with Gasteiger partial charge in [0.15, 0.2) is 11.5 Å². The Morgan fingerprint density at radius 1 is 1.00 bits per heavy atom. The van der Waals surface area contributed by atoms with Crippen molar-refractivity contribution in [2.45, 2.75) is 32.1 Å². The fourth-order valence-corrected chi connectivity index (χ4v) is 3.23. The maximum absolute atomic E-state index is 6.62. The Hall–Kier alpha value is -1.48. The third-order valence-corrected chi connectivity index (χ3v) is 4.38. The minimum absolute atomic E-state index is 0.692. The molecule has 3 rings (SSSR count). The van der Waals surface area contributed by atoms with E-state index in [2.05, 4.69) is 0 Å². The average molecular weight is 292 g/mol. The number of hydrogen-bond acceptors (Lipinski definition) is 3. The van der Waals surface area contributed by atoms with Gasteiger partial charge in [-0.2, -0.15) is 0 Å². The van der Waals surface area contributed by atoms with Gasteiger partial charge in [0.05, 0.1) is 24.8 Å². The third-order valence-electron chi connectivity index (χ3n) is 3.95. The molecule has 106 valence electrons. The molecule has 0 N–H and O–H groups in total. The predicted octanol–water partition coefficient (Wildman–Crippen LogP) is 4.17. The van der Waals surface area contributed by atoms with Crippen LogP contribution in [0.5, 0.6) is 11.5 Å². The molecule has 1 aliphatic carbocycles. The van der Waals surface area contributed by atoms with Gasteiger partial charge in [-0.25, -0.2) is 0 Å². The molecule has 0 amide bonds. The van der Waals surface area contributed by atoms with Crippen LogP contribution in [0.2, 0.25) is 5.02 Å². The molecule has 2 aromatic rings. The Labute approximate surface area is 123 Å². The highest BCUT2D eigenvalue weighted by molar-refractivity contribution is 6.36. The van der Waals surface area contributed by atoms with Gasteiger partial charge in [0.25, 0.3) is 0 Å². The Kier molecular flexibility index (Phi) is 3.70. The van der Waals surface area contributed by atoms with Crippen molar-refractivity contribution in [3.05, 3.63) is 28.4 Å². The molecule has 1 aromatic carbocycles. The third kappa shape index (κ3) is 2.20. The van der Waals surface area contributed by atoms with E-state index in [0.717, 1.165) is 34.5 Å². The summed E-state index contributed by atoms with van der Waals surface area (Å²) in [6, 6.07) is 3.83. The van der Waals surface area contributed by atoms with Crippen LogP contribution in [0.15, 0.2) is 12.1 Å². The van der Waals surface area contributed by atoms with E-state index < -0.39 is 0 Å². The van der Waals surface area contributed by atoms with Gasteiger partial charge in [-0.05, 0) is 37.3 Å². The molecule has 20 heavy (non-hydrogen) atoms. The molecular weight excluding hydrogens is 274 g/mol. The lowest BCUT2D eigenvalue weighted by atomic mass is 10.0. The lowest BCUT2D eigenvalue weighted by Crippen LogP contribution is -1.99. The summed E-state index contributed by atoms with van der Waals surface area (Å²) in [5.74, 6) is 1.38. The van der Waals surface area contributed by atoms with E-state index in [-0.39, 0.29) is 0 Å². The second kappa shape index (κ2) is 5.49. The number of nitrogens with zero attached hydrogens (tertiary/aromatic N) is 1. The van der Waals surface area contributed by atoms with E-state index >= 15 is 0 Å². The molecule has 0 aliphatic heterocycles. The van der Waals surface area contributed by atoms with Crippen molar-refractivity contribution in [1.29, 1.82) is 0 Å². The van der Waals surface area contributed by atoms with E-state index in [9.17, 15) is 0 Å². The summed E-state index contributed by atoms with van der Waals surface area (Å²) in [6.45, 7) is 0. The summed E-state index contributed by atoms with van der Waals surface area (Å²) in [5.41, 5.74) is 3.24. The highest BCUT2D eigenvalue weighted by Gasteiger charge is 2.18. The van der Waals surface area contributed by atoms with Gasteiger partial charge in [0.1, 0.15) is 0 Å². The quantitative estimate of drug-likeness (QED) is 0.778. The molecule has 0 saturated heterocycles. The first kappa shape index (κ1) is 13.5. The van der Waals surface area contributed by atoms with Crippen LogP contribution in [0, 0.1) is 0 Å². The fraction of sp³-hybridized carbons (Fsp3) is 0.438. The van der Waals surface area contributed by atoms with Gasteiger partial charge in [0.2, 0.25) is 0 Å². The second-order valence-corrected chi connectivity index (χ2v) is 5.51. The van der Waals surface area contributed by atoms with Gasteiger partial charge in [-0.1, -0.05) is 18.0 Å². The smallest absolute Gasteiger partial charge is 0.162 e. The van der Waals surface area contributed by atoms with Crippen molar-refractivity contribution in [3.8, 4) is 11.5 Å². The largest absolute Gasteiger partial charge is 0.493 e. The molecule has 1 aliphatic rings. The van der Waals surface area contributed by atoms with Crippen LogP contribution in [0.4, 0.5) is 0 Å². The zero-order valence-electron chi connectivity index (χ0n) is 11.8. The number of aryl methyl sites for hydroxylation is 1. The maximum Gasteiger partial charge on any atom is 0.162 e. The van der Waals surface area contributed by atoms with Gasteiger partial charge < -0.3 is 9.47 Å². The van der Waals surface area contributed by atoms with Crippen LogP contribution in [-0.4, -0.2) is 19.2 Å². The number of pyridine rings is 1. The van der Waals surface area contributed by atoms with E-state index in [1.165, 1.54) is 24.8 Å². The number of aromatic nitrogens is 1. The Morgan fingerprint density at radius 2 is 1.70 bits per heavy atom. The lowest BCUT2D eigenvalue weighted by Gasteiger charge is -2.14. The van der Waals surface area contributed by atoms with Crippen LogP contribution in [0.25, 0.3) is 10.9 Å². The standard InChI is InChI=1S/C16H18ClNO2/c1-19-14-8-11-13(9-15(14)20-2)18-12-7-5-3-4-6-10(12)16(11)17/h8-9H,3-7H2,1-2H3. The van der Waals surface area contributed by atoms with Crippen molar-refractivity contribution in [1.82, 2.24) is 4.98 Å². The normalized spacial score (nSPS) is 14.8. The molecule has 0 radical (unpaired) electrons. The van der Waals surface area contributed by atoms with Crippen LogP contribution in [-0.2, 0) is 12.8 Å². The lowest BCUT2D eigenvalue weighted by molar-refractivity contribution is 0.356. The van der Waals surface area contributed by atoms with Crippen molar-refractivity contribution < 1.29 is 9.47 Å². The van der Waals surface area contributed by atoms with Crippen LogP contribution in [0.3, 0.4) is 0 Å². The van der Waals surface area contributed by atoms with Gasteiger partial charge in [0, 0.05) is 17.1 Å². The topological polar surface area (TPSA) is 31.4 Å². The molecule has 0 unspecified atom stereocenters. The first-order chi connectivity index (χ1) is 9.74. The van der Waals surface area contributed by atoms with E-state index in [4.69, 9.17) is 26.1 Å². The summed E-state index contributed by atoms with van der Waals surface area (Å²) in [7, 11) is 3.27. The summed E-state index contributed by atoms with van der Waals surface area (Å²) in [5, 5.41) is 1.78. The molecule has 0 atom stereocenters. The van der Waals surface area contributed by atoms with E-state index in [0.29, 0.717) is 11.5 Å². The molecule has 0 saturated carbocycles. The summed E-state index contributed by atoms with van der Waals surface area (Å²) in [6.07, 6.45) is 5.66. The summed E-state index contributed by atoms with van der Waals surface area (Å²) >= 11 is 6.62. The van der Waals surface area contributed by atoms with Crippen molar-refractivity contribution in [2.75, 3.05) is 14.2 Å². The monoisotopic (exact) mass is 291 g/mol. The minimum Gasteiger partial charge on any atom is -0.493 e. The highest BCUT2D eigenvalue weighted by atomic mass is 35.5. The zero-order chi connectivity index (χ0) is 14.1. The van der Waals surface area contributed by atoms with E-state index in [1.54, 1.807) is 14.2 Å². The van der Waals surface area contributed by atoms with Crippen molar-refractivity contribution in [3.63, 3.8) is 0 Å². The second-order valence-electron chi connectivity index (χ2n) is 5.14. The maximum atomic E-state index is 6.62. The fourth-order valence-electron chi connectivity index (χ4n) is 2.87. The molecular formula is C16H18ClNO2.